The molecule has 6 heteroatoms. The molecule has 1 heterocycles. The van der Waals surface area contributed by atoms with Gasteiger partial charge in [0.25, 0.3) is 0 Å². The summed E-state index contributed by atoms with van der Waals surface area (Å²) in [5, 5.41) is 8.08. The van der Waals surface area contributed by atoms with E-state index in [0.29, 0.717) is 25.9 Å². The van der Waals surface area contributed by atoms with Crippen molar-refractivity contribution in [3.05, 3.63) is 78.4 Å². The topological polar surface area (TPSA) is 78.5 Å². The molecule has 1 fully saturated rings. The number of anilines is 1. The van der Waals surface area contributed by atoms with Crippen LogP contribution in [0.15, 0.2) is 72.8 Å². The third-order valence-corrected chi connectivity index (χ3v) is 6.70. The smallest absolute Gasteiger partial charge is 0.245 e. The van der Waals surface area contributed by atoms with Crippen molar-refractivity contribution in [3.8, 4) is 0 Å². The van der Waals surface area contributed by atoms with Crippen molar-refractivity contribution in [2.45, 2.75) is 39.2 Å². The molecule has 0 radical (unpaired) electrons. The van der Waals surface area contributed by atoms with E-state index < -0.39 is 6.04 Å². The number of rotatable bonds is 7. The highest BCUT2D eigenvalue weighted by atomic mass is 16.2. The fourth-order valence-corrected chi connectivity index (χ4v) is 4.68. The number of para-hydroxylation sites is 1. The summed E-state index contributed by atoms with van der Waals surface area (Å²) in [4.78, 5) is 40.7. The van der Waals surface area contributed by atoms with E-state index in [4.69, 9.17) is 0 Å². The second kappa shape index (κ2) is 11.2. The van der Waals surface area contributed by atoms with Crippen molar-refractivity contribution in [1.82, 2.24) is 10.2 Å². The number of hydrogen-bond acceptors (Lipinski definition) is 3. The number of piperidine rings is 1. The Labute approximate surface area is 206 Å². The van der Waals surface area contributed by atoms with Crippen molar-refractivity contribution in [2.75, 3.05) is 18.4 Å². The van der Waals surface area contributed by atoms with E-state index in [1.54, 1.807) is 4.90 Å². The van der Waals surface area contributed by atoms with Gasteiger partial charge in [-0.15, -0.1) is 0 Å². The summed E-state index contributed by atoms with van der Waals surface area (Å²) < 4.78 is 0. The van der Waals surface area contributed by atoms with E-state index in [0.717, 1.165) is 22.0 Å². The molecule has 0 unspecified atom stereocenters. The van der Waals surface area contributed by atoms with Crippen LogP contribution in [0.1, 0.15) is 32.3 Å². The van der Waals surface area contributed by atoms with Gasteiger partial charge in [-0.05, 0) is 47.2 Å². The van der Waals surface area contributed by atoms with Gasteiger partial charge in [-0.25, -0.2) is 0 Å². The van der Waals surface area contributed by atoms with Crippen molar-refractivity contribution in [2.24, 2.45) is 11.8 Å². The monoisotopic (exact) mass is 471 g/mol. The number of carbonyl (C=O) groups is 3. The summed E-state index contributed by atoms with van der Waals surface area (Å²) in [5.41, 5.74) is 1.73. The molecule has 4 rings (SSSR count). The number of likely N-dealkylation sites (tertiary alicyclic amines) is 1. The molecule has 0 saturated carbocycles. The maximum absolute atomic E-state index is 13.3. The van der Waals surface area contributed by atoms with E-state index in [1.807, 2.05) is 86.6 Å². The molecule has 2 N–H and O–H groups in total. The number of nitrogens with one attached hydrogen (secondary N) is 2. The zero-order valence-corrected chi connectivity index (χ0v) is 20.4. The van der Waals surface area contributed by atoms with Crippen LogP contribution in [0.2, 0.25) is 0 Å². The highest BCUT2D eigenvalue weighted by Crippen LogP contribution is 2.22. The zero-order valence-electron chi connectivity index (χ0n) is 20.4. The molecule has 182 valence electrons. The van der Waals surface area contributed by atoms with Crippen molar-refractivity contribution in [1.29, 1.82) is 0 Å². The lowest BCUT2D eigenvalue weighted by molar-refractivity contribution is -0.139. The molecule has 35 heavy (non-hydrogen) atoms. The lowest BCUT2D eigenvalue weighted by Gasteiger charge is -2.35. The summed E-state index contributed by atoms with van der Waals surface area (Å²) in [6, 6.07) is 22.8. The molecule has 6 nitrogen and oxygen atoms in total. The van der Waals surface area contributed by atoms with Gasteiger partial charge in [-0.1, -0.05) is 74.5 Å². The minimum atomic E-state index is -0.591. The Balaban J connectivity index is 1.34. The van der Waals surface area contributed by atoms with Crippen LogP contribution in [0.3, 0.4) is 0 Å². The Bertz CT molecular complexity index is 1180. The van der Waals surface area contributed by atoms with Gasteiger partial charge in [-0.2, -0.15) is 0 Å². The van der Waals surface area contributed by atoms with E-state index in [2.05, 4.69) is 10.6 Å². The molecular formula is C29H33N3O3. The highest BCUT2D eigenvalue weighted by molar-refractivity contribution is 5.94. The maximum Gasteiger partial charge on any atom is 0.245 e. The molecular weight excluding hydrogens is 438 g/mol. The third kappa shape index (κ3) is 6.07. The van der Waals surface area contributed by atoms with E-state index >= 15 is 0 Å². The second-order valence-corrected chi connectivity index (χ2v) is 9.56. The summed E-state index contributed by atoms with van der Waals surface area (Å²) in [5.74, 6) is -0.415. The summed E-state index contributed by atoms with van der Waals surface area (Å²) >= 11 is 0. The summed E-state index contributed by atoms with van der Waals surface area (Å²) in [6.45, 7) is 4.91. The van der Waals surface area contributed by atoms with Gasteiger partial charge in [0.2, 0.25) is 17.7 Å². The van der Waals surface area contributed by atoms with Crippen LogP contribution in [0.4, 0.5) is 5.69 Å². The van der Waals surface area contributed by atoms with E-state index in [9.17, 15) is 14.4 Å². The molecule has 0 spiro atoms. The average Bonchev–Trinajstić information content (AvgIpc) is 2.87. The van der Waals surface area contributed by atoms with Crippen LogP contribution in [0.25, 0.3) is 10.8 Å². The maximum atomic E-state index is 13.3. The first-order valence-electron chi connectivity index (χ1n) is 12.3. The normalized spacial score (nSPS) is 15.1. The number of amides is 3. The van der Waals surface area contributed by atoms with E-state index in [-0.39, 0.29) is 36.0 Å². The first-order chi connectivity index (χ1) is 16.9. The molecule has 1 atom stereocenters. The van der Waals surface area contributed by atoms with Crippen molar-refractivity contribution < 1.29 is 14.4 Å². The first kappa shape index (κ1) is 24.5. The van der Waals surface area contributed by atoms with Crippen LogP contribution in [0, 0.1) is 11.8 Å². The largest absolute Gasteiger partial charge is 0.344 e. The second-order valence-electron chi connectivity index (χ2n) is 9.56. The Morgan fingerprint density at radius 2 is 1.54 bits per heavy atom. The number of benzene rings is 3. The fourth-order valence-electron chi connectivity index (χ4n) is 4.68. The van der Waals surface area contributed by atoms with Gasteiger partial charge in [0, 0.05) is 24.7 Å². The molecule has 0 aromatic heterocycles. The zero-order chi connectivity index (χ0) is 24.8. The Hall–Kier alpha value is -3.67. The standard InChI is InChI=1S/C29H33N3O3/c1-20(2)27(31-26(33)19-23-11-8-10-21-9-6-7-14-25(21)23)29(35)32-17-15-22(16-18-32)28(34)30-24-12-4-3-5-13-24/h3-14,20,22,27H,15-19H2,1-2H3,(H,30,34)(H,31,33)/t27-/m0/s1. The number of carbonyl (C=O) groups excluding carboxylic acids is 3. The van der Waals surface area contributed by atoms with Crippen LogP contribution in [-0.2, 0) is 20.8 Å². The quantitative estimate of drug-likeness (QED) is 0.536. The molecule has 1 aliphatic rings. The average molecular weight is 472 g/mol. The predicted molar refractivity (Wildman–Crippen MR) is 139 cm³/mol. The fraction of sp³-hybridized carbons (Fsp3) is 0.345. The molecule has 1 aliphatic heterocycles. The predicted octanol–water partition coefficient (Wildman–Crippen LogP) is 4.40. The first-order valence-corrected chi connectivity index (χ1v) is 12.3. The van der Waals surface area contributed by atoms with Crippen LogP contribution in [-0.4, -0.2) is 41.8 Å². The molecule has 3 aromatic rings. The SMILES string of the molecule is CC(C)[C@H](NC(=O)Cc1cccc2ccccc12)C(=O)N1CCC(C(=O)Nc2ccccc2)CC1. The highest BCUT2D eigenvalue weighted by Gasteiger charge is 2.33. The lowest BCUT2D eigenvalue weighted by Crippen LogP contribution is -2.53. The Kier molecular flexibility index (Phi) is 7.80. The number of nitrogens with zero attached hydrogens (tertiary/aromatic N) is 1. The van der Waals surface area contributed by atoms with Gasteiger partial charge in [0.1, 0.15) is 6.04 Å². The summed E-state index contributed by atoms with van der Waals surface area (Å²) in [7, 11) is 0. The minimum absolute atomic E-state index is 0.00732. The van der Waals surface area contributed by atoms with Gasteiger partial charge < -0.3 is 15.5 Å². The lowest BCUT2D eigenvalue weighted by atomic mass is 9.94. The third-order valence-electron chi connectivity index (χ3n) is 6.70. The molecule has 0 aliphatic carbocycles. The Morgan fingerprint density at radius 1 is 0.886 bits per heavy atom. The van der Waals surface area contributed by atoms with E-state index in [1.165, 1.54) is 0 Å². The van der Waals surface area contributed by atoms with Crippen molar-refractivity contribution >= 4 is 34.2 Å². The van der Waals surface area contributed by atoms with Crippen molar-refractivity contribution in [3.63, 3.8) is 0 Å². The molecule has 3 amide bonds. The number of fused-ring (bicyclic) bond motifs is 1. The Morgan fingerprint density at radius 3 is 2.26 bits per heavy atom. The summed E-state index contributed by atoms with van der Waals surface area (Å²) in [6.07, 6.45) is 1.44. The van der Waals surface area contributed by atoms with Gasteiger partial charge in [0.05, 0.1) is 6.42 Å². The molecule has 3 aromatic carbocycles. The van der Waals surface area contributed by atoms with Crippen LogP contribution < -0.4 is 10.6 Å². The van der Waals surface area contributed by atoms with Gasteiger partial charge in [-0.3, -0.25) is 14.4 Å². The molecule has 1 saturated heterocycles. The minimum Gasteiger partial charge on any atom is -0.344 e. The van der Waals surface area contributed by atoms with Crippen LogP contribution >= 0.6 is 0 Å². The number of hydrogen-bond donors (Lipinski definition) is 2. The van der Waals surface area contributed by atoms with Gasteiger partial charge >= 0.3 is 0 Å². The van der Waals surface area contributed by atoms with Crippen LogP contribution in [0.5, 0.6) is 0 Å². The molecule has 0 bridgehead atoms. The van der Waals surface area contributed by atoms with Gasteiger partial charge in [0.15, 0.2) is 0 Å².